The summed E-state index contributed by atoms with van der Waals surface area (Å²) >= 11 is 6.13. The van der Waals surface area contributed by atoms with E-state index in [2.05, 4.69) is 5.32 Å². The molecule has 0 bridgehead atoms. The van der Waals surface area contributed by atoms with E-state index in [1.54, 1.807) is 12.1 Å². The van der Waals surface area contributed by atoms with Gasteiger partial charge in [-0.1, -0.05) is 11.6 Å². The van der Waals surface area contributed by atoms with Crippen molar-refractivity contribution in [1.82, 2.24) is 4.98 Å². The quantitative estimate of drug-likeness (QED) is 0.658. The number of hydrogen-bond donors (Lipinski definition) is 1. The van der Waals surface area contributed by atoms with Gasteiger partial charge < -0.3 is 5.32 Å². The first-order valence-corrected chi connectivity index (χ1v) is 8.22. The van der Waals surface area contributed by atoms with Gasteiger partial charge in [-0.25, -0.2) is 4.39 Å². The summed E-state index contributed by atoms with van der Waals surface area (Å²) in [5, 5.41) is 5.22. The van der Waals surface area contributed by atoms with Gasteiger partial charge in [-0.15, -0.1) is 0 Å². The number of rotatable bonds is 2. The summed E-state index contributed by atoms with van der Waals surface area (Å²) in [6.45, 7) is 0. The first kappa shape index (κ1) is 14.5. The highest BCUT2D eigenvalue weighted by Crippen LogP contribution is 2.36. The Balaban J connectivity index is 1.89. The molecule has 0 aliphatic heterocycles. The predicted octanol–water partition coefficient (Wildman–Crippen LogP) is 5.65. The third kappa shape index (κ3) is 2.77. The number of pyridine rings is 1. The smallest absolute Gasteiger partial charge is 0.123 e. The van der Waals surface area contributed by atoms with E-state index in [4.69, 9.17) is 16.6 Å². The number of nitrogens with one attached hydrogen (secondary N) is 1. The average molecular weight is 327 g/mol. The Morgan fingerprint density at radius 3 is 2.61 bits per heavy atom. The van der Waals surface area contributed by atoms with Crippen LogP contribution in [0.3, 0.4) is 0 Å². The lowest BCUT2D eigenvalue weighted by atomic mass is 9.92. The summed E-state index contributed by atoms with van der Waals surface area (Å²) in [6.07, 6.45) is 4.36. The van der Waals surface area contributed by atoms with Crippen molar-refractivity contribution in [1.29, 1.82) is 0 Å². The molecule has 116 valence electrons. The van der Waals surface area contributed by atoms with Crippen molar-refractivity contribution >= 4 is 33.9 Å². The molecule has 0 fully saturated rings. The molecule has 0 spiro atoms. The van der Waals surface area contributed by atoms with E-state index in [0.717, 1.165) is 40.8 Å². The van der Waals surface area contributed by atoms with Crippen LogP contribution in [0.15, 0.2) is 42.5 Å². The van der Waals surface area contributed by atoms with E-state index in [1.807, 2.05) is 18.2 Å². The Labute approximate surface area is 139 Å². The Bertz CT molecular complexity index is 875. The summed E-state index contributed by atoms with van der Waals surface area (Å²) in [5.41, 5.74) is 5.28. The first-order chi connectivity index (χ1) is 11.2. The molecule has 0 saturated carbocycles. The fourth-order valence-corrected chi connectivity index (χ4v) is 3.39. The fraction of sp³-hybridized carbons (Fsp3) is 0.211. The molecule has 2 nitrogen and oxygen atoms in total. The maximum absolute atomic E-state index is 13.1. The molecule has 1 aromatic heterocycles. The molecule has 0 saturated heterocycles. The van der Waals surface area contributed by atoms with Crippen LogP contribution in [0, 0.1) is 5.82 Å². The maximum Gasteiger partial charge on any atom is 0.123 e. The lowest BCUT2D eigenvalue weighted by Crippen LogP contribution is -2.09. The normalized spacial score (nSPS) is 13.8. The second-order valence-corrected chi connectivity index (χ2v) is 6.35. The SMILES string of the molecule is Fc1ccc(Nc2c3c(nc4cc(Cl)ccc24)CCCC3)cc1. The molecule has 0 radical (unpaired) electrons. The van der Waals surface area contributed by atoms with Crippen molar-refractivity contribution in [2.45, 2.75) is 25.7 Å². The summed E-state index contributed by atoms with van der Waals surface area (Å²) in [7, 11) is 0. The zero-order valence-corrected chi connectivity index (χ0v) is 13.3. The van der Waals surface area contributed by atoms with Crippen LogP contribution in [0.1, 0.15) is 24.1 Å². The van der Waals surface area contributed by atoms with Crippen LogP contribution in [0.4, 0.5) is 15.8 Å². The second kappa shape index (κ2) is 5.82. The van der Waals surface area contributed by atoms with Crippen molar-refractivity contribution in [3.05, 3.63) is 64.6 Å². The minimum absolute atomic E-state index is 0.232. The topological polar surface area (TPSA) is 24.9 Å². The molecular formula is C19H16ClFN2. The molecule has 1 N–H and O–H groups in total. The van der Waals surface area contributed by atoms with Crippen molar-refractivity contribution in [2.75, 3.05) is 5.32 Å². The molecule has 4 heteroatoms. The molecular weight excluding hydrogens is 311 g/mol. The van der Waals surface area contributed by atoms with Gasteiger partial charge in [-0.05, 0) is 73.7 Å². The van der Waals surface area contributed by atoms with Crippen LogP contribution in [-0.2, 0) is 12.8 Å². The third-order valence-electron chi connectivity index (χ3n) is 4.34. The standard InChI is InChI=1S/C19H16ClFN2/c20-12-5-10-16-18(11-12)23-17-4-2-1-3-15(17)19(16)22-14-8-6-13(21)7-9-14/h5-11H,1-4H2,(H,22,23). The number of benzene rings is 2. The molecule has 1 aliphatic carbocycles. The fourth-order valence-electron chi connectivity index (χ4n) is 3.22. The van der Waals surface area contributed by atoms with E-state index >= 15 is 0 Å². The van der Waals surface area contributed by atoms with Crippen LogP contribution in [0.5, 0.6) is 0 Å². The van der Waals surface area contributed by atoms with Crippen molar-refractivity contribution in [3.8, 4) is 0 Å². The van der Waals surface area contributed by atoms with Gasteiger partial charge in [0.25, 0.3) is 0 Å². The summed E-state index contributed by atoms with van der Waals surface area (Å²) in [5.74, 6) is -0.232. The van der Waals surface area contributed by atoms with Crippen molar-refractivity contribution < 1.29 is 4.39 Å². The zero-order valence-electron chi connectivity index (χ0n) is 12.6. The number of nitrogens with zero attached hydrogens (tertiary/aromatic N) is 1. The minimum Gasteiger partial charge on any atom is -0.355 e. The summed E-state index contributed by atoms with van der Waals surface area (Å²) in [4.78, 5) is 4.81. The lowest BCUT2D eigenvalue weighted by Gasteiger charge is -2.22. The number of fused-ring (bicyclic) bond motifs is 2. The summed E-state index contributed by atoms with van der Waals surface area (Å²) < 4.78 is 13.1. The molecule has 0 unspecified atom stereocenters. The van der Waals surface area contributed by atoms with Gasteiger partial charge in [0, 0.05) is 21.8 Å². The Hall–Kier alpha value is -2.13. The highest BCUT2D eigenvalue weighted by atomic mass is 35.5. The van der Waals surface area contributed by atoms with Crippen LogP contribution >= 0.6 is 11.6 Å². The van der Waals surface area contributed by atoms with E-state index in [9.17, 15) is 4.39 Å². The van der Waals surface area contributed by atoms with E-state index in [-0.39, 0.29) is 5.82 Å². The number of anilines is 2. The predicted molar refractivity (Wildman–Crippen MR) is 93.1 cm³/mol. The number of halogens is 2. The highest BCUT2D eigenvalue weighted by Gasteiger charge is 2.18. The van der Waals surface area contributed by atoms with Gasteiger partial charge in [-0.3, -0.25) is 4.98 Å². The molecule has 0 atom stereocenters. The lowest BCUT2D eigenvalue weighted by molar-refractivity contribution is 0.628. The van der Waals surface area contributed by atoms with Gasteiger partial charge in [-0.2, -0.15) is 0 Å². The van der Waals surface area contributed by atoms with Crippen LogP contribution in [0.25, 0.3) is 10.9 Å². The molecule has 4 rings (SSSR count). The minimum atomic E-state index is -0.232. The molecule has 1 heterocycles. The van der Waals surface area contributed by atoms with Crippen LogP contribution < -0.4 is 5.32 Å². The van der Waals surface area contributed by atoms with Gasteiger partial charge in [0.05, 0.1) is 11.2 Å². The Morgan fingerprint density at radius 2 is 1.78 bits per heavy atom. The molecule has 0 amide bonds. The zero-order chi connectivity index (χ0) is 15.8. The monoisotopic (exact) mass is 326 g/mol. The van der Waals surface area contributed by atoms with Gasteiger partial charge in [0.15, 0.2) is 0 Å². The summed E-state index contributed by atoms with van der Waals surface area (Å²) in [6, 6.07) is 12.2. The number of hydrogen-bond acceptors (Lipinski definition) is 2. The molecule has 2 aromatic carbocycles. The van der Waals surface area contributed by atoms with Crippen LogP contribution in [-0.4, -0.2) is 4.98 Å². The average Bonchev–Trinajstić information content (AvgIpc) is 2.56. The highest BCUT2D eigenvalue weighted by molar-refractivity contribution is 6.31. The molecule has 1 aliphatic rings. The molecule has 23 heavy (non-hydrogen) atoms. The number of aryl methyl sites for hydroxylation is 1. The second-order valence-electron chi connectivity index (χ2n) is 5.91. The van der Waals surface area contributed by atoms with E-state index < -0.39 is 0 Å². The van der Waals surface area contributed by atoms with E-state index in [0.29, 0.717) is 5.02 Å². The Morgan fingerprint density at radius 1 is 1.00 bits per heavy atom. The van der Waals surface area contributed by atoms with Gasteiger partial charge in [0.1, 0.15) is 5.82 Å². The largest absolute Gasteiger partial charge is 0.355 e. The first-order valence-electron chi connectivity index (χ1n) is 7.84. The third-order valence-corrected chi connectivity index (χ3v) is 4.57. The van der Waals surface area contributed by atoms with Crippen molar-refractivity contribution in [3.63, 3.8) is 0 Å². The molecule has 3 aromatic rings. The van der Waals surface area contributed by atoms with Gasteiger partial charge in [0.2, 0.25) is 0 Å². The van der Waals surface area contributed by atoms with E-state index in [1.165, 1.54) is 30.5 Å². The Kier molecular flexibility index (Phi) is 3.66. The van der Waals surface area contributed by atoms with Gasteiger partial charge >= 0.3 is 0 Å². The number of aromatic nitrogens is 1. The van der Waals surface area contributed by atoms with Crippen LogP contribution in [0.2, 0.25) is 5.02 Å². The van der Waals surface area contributed by atoms with Crippen molar-refractivity contribution in [2.24, 2.45) is 0 Å². The maximum atomic E-state index is 13.1.